The van der Waals surface area contributed by atoms with E-state index in [1.54, 1.807) is 13.1 Å². The van der Waals surface area contributed by atoms with E-state index in [2.05, 4.69) is 0 Å². The van der Waals surface area contributed by atoms with Crippen LogP contribution in [0.3, 0.4) is 0 Å². The Kier molecular flexibility index (Phi) is 5.67. The number of likely N-dealkylation sites (N-methyl/N-ethyl adjacent to an activating group) is 1. The zero-order valence-electron chi connectivity index (χ0n) is 15.2. The van der Waals surface area contributed by atoms with Crippen molar-refractivity contribution in [2.45, 2.75) is 12.5 Å². The van der Waals surface area contributed by atoms with Gasteiger partial charge in [-0.2, -0.15) is 0 Å². The molecule has 0 aromatic heterocycles. The van der Waals surface area contributed by atoms with Crippen LogP contribution in [-0.2, 0) is 11.2 Å². The standard InChI is InChI=1S/C23H22N2O2/c1-25(21(22(24)26)16-17-10-4-2-5-11-17)23(27)20-15-9-8-14-19(20)18-12-6-3-7-13-18/h2-15,21H,16H2,1H3,(H2,24,26). The maximum Gasteiger partial charge on any atom is 0.254 e. The van der Waals surface area contributed by atoms with Gasteiger partial charge in [-0.15, -0.1) is 0 Å². The quantitative estimate of drug-likeness (QED) is 0.733. The minimum absolute atomic E-state index is 0.228. The van der Waals surface area contributed by atoms with E-state index in [1.807, 2.05) is 78.9 Å². The van der Waals surface area contributed by atoms with Crippen molar-refractivity contribution in [3.05, 3.63) is 96.1 Å². The van der Waals surface area contributed by atoms with Crippen LogP contribution in [0.5, 0.6) is 0 Å². The van der Waals surface area contributed by atoms with Crippen LogP contribution >= 0.6 is 0 Å². The molecular formula is C23H22N2O2. The topological polar surface area (TPSA) is 63.4 Å². The summed E-state index contributed by atoms with van der Waals surface area (Å²) < 4.78 is 0. The van der Waals surface area contributed by atoms with E-state index in [0.717, 1.165) is 16.7 Å². The number of hydrogen-bond acceptors (Lipinski definition) is 2. The lowest BCUT2D eigenvalue weighted by Crippen LogP contribution is -2.47. The van der Waals surface area contributed by atoms with Crippen molar-refractivity contribution in [2.75, 3.05) is 7.05 Å². The SMILES string of the molecule is CN(C(=O)c1ccccc1-c1ccccc1)C(Cc1ccccc1)C(N)=O. The van der Waals surface area contributed by atoms with Gasteiger partial charge in [0.25, 0.3) is 5.91 Å². The van der Waals surface area contributed by atoms with Crippen LogP contribution < -0.4 is 5.73 Å². The highest BCUT2D eigenvalue weighted by atomic mass is 16.2. The number of hydrogen-bond donors (Lipinski definition) is 1. The van der Waals surface area contributed by atoms with Gasteiger partial charge in [0.15, 0.2) is 0 Å². The van der Waals surface area contributed by atoms with Gasteiger partial charge in [-0.3, -0.25) is 9.59 Å². The van der Waals surface area contributed by atoms with E-state index in [4.69, 9.17) is 5.73 Å². The maximum absolute atomic E-state index is 13.2. The van der Waals surface area contributed by atoms with Crippen molar-refractivity contribution in [1.29, 1.82) is 0 Å². The molecule has 3 rings (SSSR count). The molecule has 1 unspecified atom stereocenters. The highest BCUT2D eigenvalue weighted by Gasteiger charge is 2.27. The molecule has 0 radical (unpaired) electrons. The number of carbonyl (C=O) groups excluding carboxylic acids is 2. The van der Waals surface area contributed by atoms with Crippen molar-refractivity contribution in [3.8, 4) is 11.1 Å². The van der Waals surface area contributed by atoms with E-state index in [-0.39, 0.29) is 5.91 Å². The van der Waals surface area contributed by atoms with E-state index in [9.17, 15) is 9.59 Å². The highest BCUT2D eigenvalue weighted by Crippen LogP contribution is 2.25. The molecule has 4 heteroatoms. The molecule has 0 aliphatic carbocycles. The molecule has 136 valence electrons. The largest absolute Gasteiger partial charge is 0.368 e. The third-order valence-electron chi connectivity index (χ3n) is 4.63. The minimum atomic E-state index is -0.719. The first-order valence-electron chi connectivity index (χ1n) is 8.83. The number of rotatable bonds is 6. The van der Waals surface area contributed by atoms with Crippen LogP contribution in [0.2, 0.25) is 0 Å². The number of benzene rings is 3. The minimum Gasteiger partial charge on any atom is -0.368 e. The van der Waals surface area contributed by atoms with Crippen molar-refractivity contribution in [1.82, 2.24) is 4.90 Å². The first kappa shape index (κ1) is 18.4. The average Bonchev–Trinajstić information content (AvgIpc) is 2.72. The predicted molar refractivity (Wildman–Crippen MR) is 107 cm³/mol. The fourth-order valence-electron chi connectivity index (χ4n) is 3.14. The first-order chi connectivity index (χ1) is 13.1. The van der Waals surface area contributed by atoms with Gasteiger partial charge in [-0.25, -0.2) is 0 Å². The molecule has 0 bridgehead atoms. The van der Waals surface area contributed by atoms with E-state index >= 15 is 0 Å². The molecule has 0 saturated carbocycles. The molecule has 3 aromatic carbocycles. The summed E-state index contributed by atoms with van der Waals surface area (Å²) in [6, 6.07) is 26.0. The van der Waals surface area contributed by atoms with Gasteiger partial charge in [0.05, 0.1) is 0 Å². The van der Waals surface area contributed by atoms with E-state index in [0.29, 0.717) is 12.0 Å². The van der Waals surface area contributed by atoms with Gasteiger partial charge in [-0.1, -0.05) is 78.9 Å². The number of nitrogens with two attached hydrogens (primary N) is 1. The summed E-state index contributed by atoms with van der Waals surface area (Å²) in [5.74, 6) is -0.749. The molecular weight excluding hydrogens is 336 g/mol. The van der Waals surface area contributed by atoms with E-state index < -0.39 is 11.9 Å². The Bertz CT molecular complexity index is 923. The fourth-order valence-corrected chi connectivity index (χ4v) is 3.14. The van der Waals surface area contributed by atoms with Crippen LogP contribution in [-0.4, -0.2) is 29.8 Å². The monoisotopic (exact) mass is 358 g/mol. The van der Waals surface area contributed by atoms with Crippen LogP contribution in [0.15, 0.2) is 84.9 Å². The van der Waals surface area contributed by atoms with Crippen molar-refractivity contribution in [2.24, 2.45) is 5.73 Å². The summed E-state index contributed by atoms with van der Waals surface area (Å²) in [5, 5.41) is 0. The molecule has 2 N–H and O–H groups in total. The zero-order valence-corrected chi connectivity index (χ0v) is 15.2. The molecule has 0 spiro atoms. The van der Waals surface area contributed by atoms with Gasteiger partial charge < -0.3 is 10.6 Å². The summed E-state index contributed by atoms with van der Waals surface area (Å²) >= 11 is 0. The van der Waals surface area contributed by atoms with Gasteiger partial charge in [0.2, 0.25) is 5.91 Å². The maximum atomic E-state index is 13.2. The molecule has 0 heterocycles. The second-order valence-corrected chi connectivity index (χ2v) is 6.44. The number of primary amides is 1. The predicted octanol–water partition coefficient (Wildman–Crippen LogP) is 3.52. The molecule has 0 saturated heterocycles. The Morgan fingerprint density at radius 1 is 0.852 bits per heavy atom. The molecule has 27 heavy (non-hydrogen) atoms. The van der Waals surface area contributed by atoms with Gasteiger partial charge in [0.1, 0.15) is 6.04 Å². The smallest absolute Gasteiger partial charge is 0.254 e. The van der Waals surface area contributed by atoms with Crippen molar-refractivity contribution in [3.63, 3.8) is 0 Å². The second-order valence-electron chi connectivity index (χ2n) is 6.44. The summed E-state index contributed by atoms with van der Waals surface area (Å²) in [5.41, 5.74) is 8.90. The third-order valence-corrected chi connectivity index (χ3v) is 4.63. The third kappa shape index (κ3) is 4.23. The summed E-state index contributed by atoms with van der Waals surface area (Å²) in [7, 11) is 1.63. The number of nitrogens with zero attached hydrogens (tertiary/aromatic N) is 1. The number of amides is 2. The number of carbonyl (C=O) groups is 2. The van der Waals surface area contributed by atoms with Gasteiger partial charge in [-0.05, 0) is 22.8 Å². The summed E-state index contributed by atoms with van der Waals surface area (Å²) in [6.45, 7) is 0. The van der Waals surface area contributed by atoms with Crippen LogP contribution in [0.4, 0.5) is 0 Å². The Morgan fingerprint density at radius 3 is 2.04 bits per heavy atom. The molecule has 0 aliphatic rings. The Balaban J connectivity index is 1.91. The van der Waals surface area contributed by atoms with E-state index in [1.165, 1.54) is 4.90 Å². The first-order valence-corrected chi connectivity index (χ1v) is 8.83. The summed E-state index contributed by atoms with van der Waals surface area (Å²) in [6.07, 6.45) is 0.381. The normalized spacial score (nSPS) is 11.6. The Labute approximate surface area is 159 Å². The molecule has 0 aliphatic heterocycles. The molecule has 1 atom stereocenters. The highest BCUT2D eigenvalue weighted by molar-refractivity contribution is 6.02. The molecule has 2 amide bonds. The van der Waals surface area contributed by atoms with Crippen molar-refractivity contribution >= 4 is 11.8 Å². The second kappa shape index (κ2) is 8.32. The zero-order chi connectivity index (χ0) is 19.2. The lowest BCUT2D eigenvalue weighted by Gasteiger charge is -2.27. The van der Waals surface area contributed by atoms with Crippen LogP contribution in [0.25, 0.3) is 11.1 Å². The molecule has 0 fully saturated rings. The van der Waals surface area contributed by atoms with Crippen molar-refractivity contribution < 1.29 is 9.59 Å². The van der Waals surface area contributed by atoms with Crippen LogP contribution in [0.1, 0.15) is 15.9 Å². The fraction of sp³-hybridized carbons (Fsp3) is 0.130. The molecule has 3 aromatic rings. The Hall–Kier alpha value is -3.40. The summed E-state index contributed by atoms with van der Waals surface area (Å²) in [4.78, 5) is 26.7. The molecule has 4 nitrogen and oxygen atoms in total. The average molecular weight is 358 g/mol. The Morgan fingerprint density at radius 2 is 1.41 bits per heavy atom. The van der Waals surface area contributed by atoms with Gasteiger partial charge >= 0.3 is 0 Å². The lowest BCUT2D eigenvalue weighted by atomic mass is 9.97. The lowest BCUT2D eigenvalue weighted by molar-refractivity contribution is -0.122. The van der Waals surface area contributed by atoms with Gasteiger partial charge in [0, 0.05) is 19.0 Å². The van der Waals surface area contributed by atoms with Crippen LogP contribution in [0, 0.1) is 0 Å².